The van der Waals surface area contributed by atoms with Crippen LogP contribution in [0.5, 0.6) is 0 Å². The Morgan fingerprint density at radius 1 is 1.03 bits per heavy atom. The summed E-state index contributed by atoms with van der Waals surface area (Å²) in [6.45, 7) is 7.08. The van der Waals surface area contributed by atoms with Crippen LogP contribution in [0.2, 0.25) is 0 Å². The second-order valence-corrected chi connectivity index (χ2v) is 11.1. The van der Waals surface area contributed by atoms with E-state index in [0.29, 0.717) is 23.3 Å². The number of carbonyl (C=O) groups is 1. The first-order chi connectivity index (χ1) is 13.8. The van der Waals surface area contributed by atoms with E-state index in [1.54, 1.807) is 6.08 Å². The molecule has 4 aliphatic rings. The number of hydrogen-bond acceptors (Lipinski definition) is 2. The highest BCUT2D eigenvalue weighted by Crippen LogP contribution is 2.65. The molecule has 7 atom stereocenters. The Morgan fingerprint density at radius 3 is 2.55 bits per heavy atom. The third kappa shape index (κ3) is 2.87. The molecule has 5 rings (SSSR count). The molecule has 0 radical (unpaired) electrons. The summed E-state index contributed by atoms with van der Waals surface area (Å²) < 4.78 is 0. The molecule has 0 spiro atoms. The van der Waals surface area contributed by atoms with Gasteiger partial charge in [0.25, 0.3) is 0 Å². The average molecular weight is 408 g/mol. The van der Waals surface area contributed by atoms with Gasteiger partial charge < -0.3 is 5.32 Å². The van der Waals surface area contributed by atoms with Crippen LogP contribution in [0.3, 0.4) is 0 Å². The normalized spacial score (nSPS) is 43.1. The quantitative estimate of drug-likeness (QED) is 0.509. The first kappa shape index (κ1) is 19.5. The molecule has 1 amide bonds. The highest BCUT2D eigenvalue weighted by molar-refractivity contribution is 7.80. The minimum absolute atomic E-state index is 0.0935. The standard InChI is InChI=1S/C26H33NOS/c1-16-4-6-17(7-5-16)24(29)21-10-9-19-18-8-11-22-26(3,15-13-23(28)27-22)20(18)12-14-25(19,21)2/h4-7,13,15,18-22H,8-12,14H2,1-3H3,(H,27,28)/t18-,19-,20+,21?,22?,25-,26+/m0/s1. The molecule has 1 heterocycles. The van der Waals surface area contributed by atoms with Gasteiger partial charge in [-0.1, -0.05) is 62.0 Å². The Labute approximate surface area is 180 Å². The van der Waals surface area contributed by atoms with Gasteiger partial charge in [-0.15, -0.1) is 0 Å². The van der Waals surface area contributed by atoms with Gasteiger partial charge in [-0.3, -0.25) is 4.79 Å². The number of hydrogen-bond donors (Lipinski definition) is 1. The molecule has 1 aromatic carbocycles. The fourth-order valence-corrected chi connectivity index (χ4v) is 8.21. The van der Waals surface area contributed by atoms with Gasteiger partial charge in [0, 0.05) is 22.2 Å². The lowest BCUT2D eigenvalue weighted by Crippen LogP contribution is -2.59. The number of fused-ring (bicyclic) bond motifs is 5. The second-order valence-electron chi connectivity index (χ2n) is 10.6. The summed E-state index contributed by atoms with van der Waals surface area (Å²) in [5, 5.41) is 3.27. The first-order valence-corrected chi connectivity index (χ1v) is 11.8. The molecule has 3 saturated carbocycles. The number of carbonyl (C=O) groups excluding carboxylic acids is 1. The van der Waals surface area contributed by atoms with Crippen molar-refractivity contribution in [3.05, 3.63) is 47.5 Å². The van der Waals surface area contributed by atoms with Crippen molar-refractivity contribution >= 4 is 23.0 Å². The van der Waals surface area contributed by atoms with Crippen LogP contribution in [-0.2, 0) is 4.79 Å². The third-order valence-corrected chi connectivity index (χ3v) is 9.86. The van der Waals surface area contributed by atoms with Crippen molar-refractivity contribution in [3.63, 3.8) is 0 Å². The Bertz CT molecular complexity index is 873. The smallest absolute Gasteiger partial charge is 0.243 e. The number of rotatable bonds is 2. The second kappa shape index (κ2) is 6.77. The average Bonchev–Trinajstić information content (AvgIpc) is 3.06. The summed E-state index contributed by atoms with van der Waals surface area (Å²) in [5.41, 5.74) is 3.00. The Hall–Kier alpha value is -1.48. The Balaban J connectivity index is 1.42. The molecule has 29 heavy (non-hydrogen) atoms. The topological polar surface area (TPSA) is 29.1 Å². The maximum atomic E-state index is 11.9. The van der Waals surface area contributed by atoms with Crippen molar-refractivity contribution in [1.82, 2.24) is 5.32 Å². The van der Waals surface area contributed by atoms with E-state index < -0.39 is 0 Å². The number of amides is 1. The van der Waals surface area contributed by atoms with E-state index in [1.807, 2.05) is 0 Å². The van der Waals surface area contributed by atoms with E-state index in [2.05, 4.69) is 56.4 Å². The zero-order chi connectivity index (χ0) is 20.4. The largest absolute Gasteiger partial charge is 0.349 e. The van der Waals surface area contributed by atoms with Crippen LogP contribution in [0.15, 0.2) is 36.4 Å². The highest BCUT2D eigenvalue weighted by Gasteiger charge is 2.60. The van der Waals surface area contributed by atoms with E-state index >= 15 is 0 Å². The van der Waals surface area contributed by atoms with E-state index in [1.165, 1.54) is 48.1 Å². The van der Waals surface area contributed by atoms with Crippen molar-refractivity contribution in [2.24, 2.45) is 34.5 Å². The molecular formula is C26H33NOS. The van der Waals surface area contributed by atoms with Gasteiger partial charge in [0.15, 0.2) is 0 Å². The molecule has 1 aromatic rings. The Morgan fingerprint density at radius 2 is 1.79 bits per heavy atom. The van der Waals surface area contributed by atoms with Crippen LogP contribution in [0.25, 0.3) is 0 Å². The molecular weight excluding hydrogens is 374 g/mol. The van der Waals surface area contributed by atoms with Crippen LogP contribution in [0.4, 0.5) is 0 Å². The van der Waals surface area contributed by atoms with Gasteiger partial charge in [-0.25, -0.2) is 0 Å². The maximum Gasteiger partial charge on any atom is 0.243 e. The third-order valence-electron chi connectivity index (χ3n) is 9.34. The van der Waals surface area contributed by atoms with Crippen molar-refractivity contribution in [2.45, 2.75) is 65.3 Å². The first-order valence-electron chi connectivity index (χ1n) is 11.4. The van der Waals surface area contributed by atoms with Crippen molar-refractivity contribution < 1.29 is 4.79 Å². The molecule has 0 aromatic heterocycles. The number of thiocarbonyl (C=S) groups is 1. The molecule has 1 N–H and O–H groups in total. The summed E-state index contributed by atoms with van der Waals surface area (Å²) in [4.78, 5) is 13.1. The van der Waals surface area contributed by atoms with Gasteiger partial charge in [-0.05, 0) is 80.3 Å². The predicted molar refractivity (Wildman–Crippen MR) is 122 cm³/mol. The monoisotopic (exact) mass is 407 g/mol. The predicted octanol–water partition coefficient (Wildman–Crippen LogP) is 5.63. The minimum Gasteiger partial charge on any atom is -0.349 e. The van der Waals surface area contributed by atoms with Crippen molar-refractivity contribution in [2.75, 3.05) is 0 Å². The maximum absolute atomic E-state index is 11.9. The van der Waals surface area contributed by atoms with Crippen LogP contribution >= 0.6 is 12.2 Å². The van der Waals surface area contributed by atoms with Gasteiger partial charge in [0.05, 0.1) is 0 Å². The minimum atomic E-state index is 0.0935. The molecule has 3 fully saturated rings. The summed E-state index contributed by atoms with van der Waals surface area (Å²) in [5.74, 6) is 2.83. The van der Waals surface area contributed by atoms with Gasteiger partial charge in [0.2, 0.25) is 5.91 Å². The van der Waals surface area contributed by atoms with Crippen LogP contribution < -0.4 is 5.32 Å². The van der Waals surface area contributed by atoms with Gasteiger partial charge in [-0.2, -0.15) is 0 Å². The van der Waals surface area contributed by atoms with Crippen molar-refractivity contribution in [1.29, 1.82) is 0 Å². The lowest BCUT2D eigenvalue weighted by molar-refractivity contribution is -0.122. The van der Waals surface area contributed by atoms with Gasteiger partial charge in [0.1, 0.15) is 0 Å². The molecule has 2 nitrogen and oxygen atoms in total. The Kier molecular flexibility index (Phi) is 4.55. The van der Waals surface area contributed by atoms with E-state index in [0.717, 1.165) is 18.3 Å². The summed E-state index contributed by atoms with van der Waals surface area (Å²) in [7, 11) is 0. The number of benzene rings is 1. The lowest BCUT2D eigenvalue weighted by atomic mass is 9.47. The zero-order valence-electron chi connectivity index (χ0n) is 17.9. The SMILES string of the molecule is Cc1ccc(C(=S)C2CC[C@H]3[C@@H]4CCC5NC(=O)C=C[C@]5(C)[C@@H]4CC[C@]23C)cc1. The van der Waals surface area contributed by atoms with E-state index in [-0.39, 0.29) is 11.3 Å². The molecule has 3 heteroatoms. The van der Waals surface area contributed by atoms with Crippen molar-refractivity contribution in [3.8, 4) is 0 Å². The van der Waals surface area contributed by atoms with Crippen LogP contribution in [0, 0.1) is 41.4 Å². The molecule has 0 bridgehead atoms. The molecule has 2 unspecified atom stereocenters. The molecule has 3 aliphatic carbocycles. The zero-order valence-corrected chi connectivity index (χ0v) is 18.7. The lowest BCUT2D eigenvalue weighted by Gasteiger charge is -2.59. The van der Waals surface area contributed by atoms with Gasteiger partial charge >= 0.3 is 0 Å². The molecule has 1 aliphatic heterocycles. The van der Waals surface area contributed by atoms with Crippen LogP contribution in [0.1, 0.15) is 63.5 Å². The fourth-order valence-electron chi connectivity index (χ4n) is 7.68. The highest BCUT2D eigenvalue weighted by atomic mass is 32.1. The molecule has 0 saturated heterocycles. The number of nitrogens with one attached hydrogen (secondary N) is 1. The van der Waals surface area contributed by atoms with E-state index in [9.17, 15) is 4.79 Å². The van der Waals surface area contributed by atoms with E-state index in [4.69, 9.17) is 12.2 Å². The summed E-state index contributed by atoms with van der Waals surface area (Å²) in [6.07, 6.45) is 11.5. The van der Waals surface area contributed by atoms with Crippen LogP contribution in [-0.4, -0.2) is 16.8 Å². The molecule has 154 valence electrons. The summed E-state index contributed by atoms with van der Waals surface area (Å²) >= 11 is 6.08. The summed E-state index contributed by atoms with van der Waals surface area (Å²) in [6, 6.07) is 9.15. The number of aryl methyl sites for hydroxylation is 1. The fraction of sp³-hybridized carbons (Fsp3) is 0.615.